The van der Waals surface area contributed by atoms with Crippen molar-refractivity contribution in [1.29, 1.82) is 0 Å². The van der Waals surface area contributed by atoms with Crippen LogP contribution in [0, 0.1) is 0 Å². The van der Waals surface area contributed by atoms with Crippen LogP contribution in [0.25, 0.3) is 0 Å². The molecule has 1 N–H and O–H groups in total. The van der Waals surface area contributed by atoms with E-state index in [0.717, 1.165) is 0 Å². The number of hydrogen-bond acceptors (Lipinski definition) is 3. The number of aromatic nitrogens is 2. The fraction of sp³-hybridized carbons (Fsp3) is 0. The summed E-state index contributed by atoms with van der Waals surface area (Å²) in [6.45, 7) is 0. The van der Waals surface area contributed by atoms with E-state index in [1.165, 1.54) is 6.07 Å². The average molecular weight is 167 g/mol. The van der Waals surface area contributed by atoms with Gasteiger partial charge in [0.25, 0.3) is 0 Å². The highest BCUT2D eigenvalue weighted by molar-refractivity contribution is 7.72. The number of thiol groups is 1. The monoisotopic (exact) mass is 166 g/mol. The second kappa shape index (κ2) is 2.36. The molecule has 0 aliphatic rings. The quantitative estimate of drug-likeness (QED) is 0.579. The van der Waals surface area contributed by atoms with E-state index in [0.29, 0.717) is 0 Å². The minimum Gasteiger partial charge on any atom is -0.266 e. The van der Waals surface area contributed by atoms with E-state index in [2.05, 4.69) is 10.2 Å². The third kappa shape index (κ3) is 1.43. The van der Waals surface area contributed by atoms with Gasteiger partial charge < -0.3 is 0 Å². The summed E-state index contributed by atoms with van der Waals surface area (Å²) in [5.74, 6) is 0. The predicted molar refractivity (Wildman–Crippen MR) is 32.2 cm³/mol. The molecule has 0 atom stereocenters. The molecule has 0 bridgehead atoms. The minimum atomic E-state index is -2.58. The van der Waals surface area contributed by atoms with Gasteiger partial charge in [0, 0.05) is 6.07 Å². The van der Waals surface area contributed by atoms with E-state index < -0.39 is 10.7 Å². The molecule has 0 aromatic carbocycles. The van der Waals surface area contributed by atoms with Crippen LogP contribution in [0.3, 0.4) is 0 Å². The Morgan fingerprint density at radius 2 is 2.33 bits per heavy atom. The lowest BCUT2D eigenvalue weighted by Crippen LogP contribution is -1.77. The Kier molecular flexibility index (Phi) is 1.73. The van der Waals surface area contributed by atoms with Gasteiger partial charge >= 0.3 is 0 Å². The third-order valence-electron chi connectivity index (χ3n) is 0.730. The maximum absolute atomic E-state index is 10.1. The number of rotatable bonds is 1. The summed E-state index contributed by atoms with van der Waals surface area (Å²) in [5, 5.41) is 5.81. The first-order chi connectivity index (χ1) is 4.20. The van der Waals surface area contributed by atoms with E-state index in [1.807, 2.05) is 0 Å². The van der Waals surface area contributed by atoms with Crippen LogP contribution in [-0.4, -0.2) is 18.6 Å². The Hall–Kier alpha value is -0.550. The van der Waals surface area contributed by atoms with Crippen molar-refractivity contribution in [3.8, 4) is 0 Å². The number of hydrogen-bond donors (Lipinski definition) is 2. The normalized spacial score (nSPS) is 10.4. The fourth-order valence-electron chi connectivity index (χ4n) is 0.382. The molecule has 0 aliphatic carbocycles. The van der Waals surface area contributed by atoms with Crippen LogP contribution in [0.4, 0.5) is 0 Å². The first kappa shape index (κ1) is 6.57. The molecule has 0 aliphatic heterocycles. The molecule has 0 saturated carbocycles. The molecular weight excluding hydrogens is 164 g/mol. The van der Waals surface area contributed by atoms with Crippen molar-refractivity contribution >= 4 is 22.3 Å². The summed E-state index contributed by atoms with van der Waals surface area (Å²) in [7, 11) is -2.58. The van der Waals surface area contributed by atoms with Crippen LogP contribution in [0.15, 0.2) is 11.1 Å². The predicted octanol–water partition coefficient (Wildman–Crippen LogP) is 0.0334. The zero-order valence-corrected chi connectivity index (χ0v) is 5.82. The van der Waals surface area contributed by atoms with Crippen molar-refractivity contribution < 1.29 is 8.42 Å². The van der Waals surface area contributed by atoms with Gasteiger partial charge in [0.1, 0.15) is 5.03 Å². The van der Waals surface area contributed by atoms with Crippen molar-refractivity contribution in [2.75, 3.05) is 0 Å². The molecule has 0 amide bonds. The molecule has 6 heteroatoms. The molecule has 1 aromatic rings. The summed E-state index contributed by atoms with van der Waals surface area (Å²) in [4.78, 5) is 0. The van der Waals surface area contributed by atoms with E-state index in [1.54, 1.807) is 0 Å². The molecule has 4 nitrogen and oxygen atoms in total. The molecule has 1 aromatic heterocycles. The largest absolute Gasteiger partial charge is 0.266 e. The Labute approximate surface area is 57.8 Å². The molecule has 1 heterocycles. The average Bonchev–Trinajstić information content (AvgIpc) is 2.14. The summed E-state index contributed by atoms with van der Waals surface area (Å²) in [6, 6.07) is 1.24. The van der Waals surface area contributed by atoms with Gasteiger partial charge in [0.2, 0.25) is 0 Å². The van der Waals surface area contributed by atoms with Gasteiger partial charge in [-0.3, -0.25) is 5.10 Å². The highest BCUT2D eigenvalue weighted by Gasteiger charge is 1.97. The zero-order chi connectivity index (χ0) is 6.85. The molecule has 0 saturated heterocycles. The zero-order valence-electron chi connectivity index (χ0n) is 4.17. The van der Waals surface area contributed by atoms with Gasteiger partial charge in [-0.1, -0.05) is 11.6 Å². The number of nitrogens with one attached hydrogen (secondary N) is 1. The SMILES string of the molecule is O=[SH](=O)c1cc(Cl)n[nH]1. The number of halogens is 1. The first-order valence-corrected chi connectivity index (χ1v) is 3.61. The summed E-state index contributed by atoms with van der Waals surface area (Å²) in [6.07, 6.45) is 0. The van der Waals surface area contributed by atoms with Crippen molar-refractivity contribution in [2.24, 2.45) is 0 Å². The summed E-state index contributed by atoms with van der Waals surface area (Å²) < 4.78 is 20.2. The number of aromatic amines is 1. The number of H-pyrrole nitrogens is 1. The highest BCUT2D eigenvalue weighted by atomic mass is 35.5. The van der Waals surface area contributed by atoms with Crippen LogP contribution in [-0.2, 0) is 10.7 Å². The molecule has 9 heavy (non-hydrogen) atoms. The molecule has 1 rings (SSSR count). The van der Waals surface area contributed by atoms with E-state index >= 15 is 0 Å². The second-order valence-electron chi connectivity index (χ2n) is 1.33. The Morgan fingerprint density at radius 1 is 1.67 bits per heavy atom. The summed E-state index contributed by atoms with van der Waals surface area (Å²) in [5.41, 5.74) is 0. The molecule has 0 radical (unpaired) electrons. The van der Waals surface area contributed by atoms with Crippen molar-refractivity contribution in [3.05, 3.63) is 11.2 Å². The third-order valence-corrected chi connectivity index (χ3v) is 1.55. The van der Waals surface area contributed by atoms with Gasteiger partial charge in [0.05, 0.1) is 0 Å². The smallest absolute Gasteiger partial charge is 0.185 e. The fourth-order valence-corrected chi connectivity index (χ4v) is 0.968. The molecule has 0 unspecified atom stereocenters. The molecule has 0 fully saturated rings. The van der Waals surface area contributed by atoms with Crippen LogP contribution < -0.4 is 0 Å². The van der Waals surface area contributed by atoms with Crippen LogP contribution in [0.1, 0.15) is 0 Å². The maximum atomic E-state index is 10.1. The standard InChI is InChI=1S/C3H3ClN2O2S/c4-2-1-3(6-5-2)9(7)8/h1,9H,(H,5,6). The first-order valence-electron chi connectivity index (χ1n) is 2.05. The van der Waals surface area contributed by atoms with Gasteiger partial charge in [0.15, 0.2) is 15.9 Å². The molecule has 0 spiro atoms. The maximum Gasteiger partial charge on any atom is 0.185 e. The van der Waals surface area contributed by atoms with Gasteiger partial charge in [-0.25, -0.2) is 8.42 Å². The van der Waals surface area contributed by atoms with E-state index in [-0.39, 0.29) is 10.2 Å². The lowest BCUT2D eigenvalue weighted by molar-refractivity contribution is 0.611. The highest BCUT2D eigenvalue weighted by Crippen LogP contribution is 2.05. The molecule has 50 valence electrons. The number of nitrogens with zero attached hydrogens (tertiary/aromatic N) is 1. The second-order valence-corrected chi connectivity index (χ2v) is 2.72. The Bertz CT molecular complexity index is 271. The topological polar surface area (TPSA) is 62.8 Å². The Morgan fingerprint density at radius 3 is 2.56 bits per heavy atom. The Balaban J connectivity index is 3.12. The van der Waals surface area contributed by atoms with Gasteiger partial charge in [-0.2, -0.15) is 5.10 Å². The van der Waals surface area contributed by atoms with Crippen molar-refractivity contribution in [2.45, 2.75) is 5.03 Å². The van der Waals surface area contributed by atoms with Crippen molar-refractivity contribution in [3.63, 3.8) is 0 Å². The summed E-state index contributed by atoms with van der Waals surface area (Å²) >= 11 is 5.29. The van der Waals surface area contributed by atoms with E-state index in [4.69, 9.17) is 11.6 Å². The van der Waals surface area contributed by atoms with Crippen LogP contribution in [0.2, 0.25) is 5.15 Å². The van der Waals surface area contributed by atoms with Crippen LogP contribution in [0.5, 0.6) is 0 Å². The van der Waals surface area contributed by atoms with Gasteiger partial charge in [-0.05, 0) is 0 Å². The molecular formula is C3H3ClN2O2S. The van der Waals surface area contributed by atoms with E-state index in [9.17, 15) is 8.42 Å². The lowest BCUT2D eigenvalue weighted by atomic mass is 10.7. The van der Waals surface area contributed by atoms with Gasteiger partial charge in [-0.15, -0.1) is 0 Å². The van der Waals surface area contributed by atoms with Crippen LogP contribution >= 0.6 is 11.6 Å². The van der Waals surface area contributed by atoms with Crippen molar-refractivity contribution in [1.82, 2.24) is 10.2 Å². The minimum absolute atomic E-state index is 0.0370. The lowest BCUT2D eigenvalue weighted by Gasteiger charge is -1.71.